The van der Waals surface area contributed by atoms with E-state index in [9.17, 15) is 9.59 Å². The molecule has 1 saturated carbocycles. The first-order valence-corrected chi connectivity index (χ1v) is 8.84. The number of carboxylic acids is 1. The van der Waals surface area contributed by atoms with Crippen LogP contribution in [-0.4, -0.2) is 34.5 Å². The van der Waals surface area contributed by atoms with E-state index in [1.165, 1.54) is 18.4 Å². The maximum atomic E-state index is 12.0. The molecule has 22 heavy (non-hydrogen) atoms. The lowest BCUT2D eigenvalue weighted by molar-refractivity contribution is -0.133. The molecule has 0 aliphatic heterocycles. The van der Waals surface area contributed by atoms with Crippen LogP contribution in [0.5, 0.6) is 0 Å². The van der Waals surface area contributed by atoms with Crippen molar-refractivity contribution in [2.75, 3.05) is 11.5 Å². The number of amides is 1. The Hall–Kier alpha value is -1.49. The number of carbonyl (C=O) groups excluding carboxylic acids is 1. The quantitative estimate of drug-likeness (QED) is 0.810. The van der Waals surface area contributed by atoms with E-state index >= 15 is 0 Å². The van der Waals surface area contributed by atoms with Crippen LogP contribution in [0.1, 0.15) is 38.2 Å². The number of rotatable bonds is 7. The monoisotopic (exact) mass is 321 g/mol. The molecule has 1 unspecified atom stereocenters. The van der Waals surface area contributed by atoms with Gasteiger partial charge in [-0.3, -0.25) is 9.59 Å². The Morgan fingerprint density at radius 1 is 1.23 bits per heavy atom. The summed E-state index contributed by atoms with van der Waals surface area (Å²) in [5.74, 6) is -0.809. The van der Waals surface area contributed by atoms with Crippen molar-refractivity contribution in [3.63, 3.8) is 0 Å². The molecule has 0 spiro atoms. The average molecular weight is 321 g/mol. The van der Waals surface area contributed by atoms with Crippen LogP contribution in [0, 0.1) is 0 Å². The van der Waals surface area contributed by atoms with Crippen molar-refractivity contribution >= 4 is 23.6 Å². The van der Waals surface area contributed by atoms with Gasteiger partial charge in [0.25, 0.3) is 0 Å². The van der Waals surface area contributed by atoms with E-state index < -0.39 is 5.97 Å². The van der Waals surface area contributed by atoms with Gasteiger partial charge in [0.2, 0.25) is 5.91 Å². The number of carbonyl (C=O) groups is 2. The predicted molar refractivity (Wildman–Crippen MR) is 89.2 cm³/mol. The molecule has 0 saturated heterocycles. The second-order valence-electron chi connectivity index (χ2n) is 5.91. The lowest BCUT2D eigenvalue weighted by Gasteiger charge is -2.36. The molecule has 1 aromatic carbocycles. The summed E-state index contributed by atoms with van der Waals surface area (Å²) >= 11 is 1.14. The number of hydrogen-bond acceptors (Lipinski definition) is 3. The van der Waals surface area contributed by atoms with Crippen molar-refractivity contribution in [3.8, 4) is 0 Å². The second-order valence-corrected chi connectivity index (χ2v) is 6.89. The average Bonchev–Trinajstić information content (AvgIpc) is 2.98. The molecule has 0 bridgehead atoms. The zero-order chi connectivity index (χ0) is 16.0. The summed E-state index contributed by atoms with van der Waals surface area (Å²) in [6, 6.07) is 10.5. The predicted octanol–water partition coefficient (Wildman–Crippen LogP) is 2.82. The Kier molecular flexibility index (Phi) is 5.89. The van der Waals surface area contributed by atoms with Crippen molar-refractivity contribution in [2.45, 2.75) is 44.1 Å². The van der Waals surface area contributed by atoms with Gasteiger partial charge in [0.1, 0.15) is 0 Å². The largest absolute Gasteiger partial charge is 0.481 e. The molecule has 1 aliphatic carbocycles. The molecule has 2 N–H and O–H groups in total. The number of nitrogens with one attached hydrogen (secondary N) is 1. The fraction of sp³-hybridized carbons (Fsp3) is 0.529. The molecule has 0 radical (unpaired) electrons. The maximum absolute atomic E-state index is 12.0. The highest BCUT2D eigenvalue weighted by atomic mass is 32.2. The lowest BCUT2D eigenvalue weighted by atomic mass is 9.73. The van der Waals surface area contributed by atoms with Crippen LogP contribution in [0.4, 0.5) is 0 Å². The molecule has 5 heteroatoms. The van der Waals surface area contributed by atoms with E-state index in [4.69, 9.17) is 5.11 Å². The molecule has 1 atom stereocenters. The van der Waals surface area contributed by atoms with Gasteiger partial charge in [0.15, 0.2) is 0 Å². The third-order valence-electron chi connectivity index (χ3n) is 4.51. The zero-order valence-corrected chi connectivity index (χ0v) is 13.7. The van der Waals surface area contributed by atoms with Gasteiger partial charge in [-0.15, -0.1) is 11.8 Å². The van der Waals surface area contributed by atoms with Crippen molar-refractivity contribution in [3.05, 3.63) is 35.9 Å². The summed E-state index contributed by atoms with van der Waals surface area (Å²) in [5.41, 5.74) is 1.30. The highest BCUT2D eigenvalue weighted by Gasteiger charge is 2.41. The minimum Gasteiger partial charge on any atom is -0.481 e. The second kappa shape index (κ2) is 7.68. The molecule has 120 valence electrons. The van der Waals surface area contributed by atoms with Crippen molar-refractivity contribution < 1.29 is 14.7 Å². The fourth-order valence-corrected chi connectivity index (χ4v) is 3.95. The molecular weight excluding hydrogens is 298 g/mol. The Labute approximate surface area is 135 Å². The Balaban J connectivity index is 2.00. The minimum absolute atomic E-state index is 0.00832. The Morgan fingerprint density at radius 2 is 1.86 bits per heavy atom. The summed E-state index contributed by atoms with van der Waals surface area (Å²) in [6.07, 6.45) is 4.53. The van der Waals surface area contributed by atoms with E-state index in [-0.39, 0.29) is 28.9 Å². The number of hydrogen-bond donors (Lipinski definition) is 2. The maximum Gasteiger partial charge on any atom is 0.313 e. The van der Waals surface area contributed by atoms with Crippen LogP contribution in [-0.2, 0) is 15.0 Å². The molecule has 1 aliphatic rings. The topological polar surface area (TPSA) is 66.4 Å². The standard InChI is InChI=1S/C17H23NO3S/c1-13(18-15(19)11-22-12-16(20)21)17(9-5-6-10-17)14-7-3-2-4-8-14/h2-4,7-8,13H,5-6,9-12H2,1H3,(H,18,19)(H,20,21). The normalized spacial score (nSPS) is 17.9. The van der Waals surface area contributed by atoms with Gasteiger partial charge in [0.05, 0.1) is 11.5 Å². The van der Waals surface area contributed by atoms with Crippen LogP contribution in [0.2, 0.25) is 0 Å². The Morgan fingerprint density at radius 3 is 2.45 bits per heavy atom. The first-order chi connectivity index (χ1) is 10.5. The van der Waals surface area contributed by atoms with Gasteiger partial charge in [-0.1, -0.05) is 43.2 Å². The van der Waals surface area contributed by atoms with Crippen molar-refractivity contribution in [2.24, 2.45) is 0 Å². The third-order valence-corrected chi connectivity index (χ3v) is 5.43. The summed E-state index contributed by atoms with van der Waals surface area (Å²) in [5, 5.41) is 11.7. The molecule has 1 fully saturated rings. The number of benzene rings is 1. The van der Waals surface area contributed by atoms with Gasteiger partial charge in [-0.2, -0.15) is 0 Å². The molecule has 2 rings (SSSR count). The molecule has 1 aromatic rings. The van der Waals surface area contributed by atoms with Crippen molar-refractivity contribution in [1.82, 2.24) is 5.32 Å². The molecule has 0 aromatic heterocycles. The van der Waals surface area contributed by atoms with E-state index in [1.54, 1.807) is 0 Å². The molecule has 1 amide bonds. The van der Waals surface area contributed by atoms with Gasteiger partial charge in [0, 0.05) is 11.5 Å². The van der Waals surface area contributed by atoms with Gasteiger partial charge in [-0.05, 0) is 25.3 Å². The van der Waals surface area contributed by atoms with Crippen molar-refractivity contribution in [1.29, 1.82) is 0 Å². The summed E-state index contributed by atoms with van der Waals surface area (Å²) in [7, 11) is 0. The SMILES string of the molecule is CC(NC(=O)CSCC(=O)O)C1(c2ccccc2)CCCC1. The van der Waals surface area contributed by atoms with Crippen LogP contribution in [0.3, 0.4) is 0 Å². The van der Waals surface area contributed by atoms with Crippen LogP contribution < -0.4 is 5.32 Å². The first-order valence-electron chi connectivity index (χ1n) is 7.69. The van der Waals surface area contributed by atoms with E-state index in [0.29, 0.717) is 0 Å². The van der Waals surface area contributed by atoms with Gasteiger partial charge in [-0.25, -0.2) is 0 Å². The zero-order valence-electron chi connectivity index (χ0n) is 12.9. The summed E-state index contributed by atoms with van der Waals surface area (Å²) in [6.45, 7) is 2.07. The number of thioether (sulfide) groups is 1. The van der Waals surface area contributed by atoms with Gasteiger partial charge < -0.3 is 10.4 Å². The summed E-state index contributed by atoms with van der Waals surface area (Å²) < 4.78 is 0. The minimum atomic E-state index is -0.887. The van der Waals surface area contributed by atoms with E-state index in [0.717, 1.165) is 24.6 Å². The highest BCUT2D eigenvalue weighted by Crippen LogP contribution is 2.43. The molecular formula is C17H23NO3S. The first kappa shape index (κ1) is 16.9. The van der Waals surface area contributed by atoms with Crippen LogP contribution >= 0.6 is 11.8 Å². The lowest BCUT2D eigenvalue weighted by Crippen LogP contribution is -2.48. The molecule has 0 heterocycles. The van der Waals surface area contributed by atoms with E-state index in [1.807, 2.05) is 18.2 Å². The van der Waals surface area contributed by atoms with E-state index in [2.05, 4.69) is 24.4 Å². The fourth-order valence-electron chi connectivity index (χ4n) is 3.40. The van der Waals surface area contributed by atoms with Crippen LogP contribution in [0.25, 0.3) is 0 Å². The number of aliphatic carboxylic acids is 1. The summed E-state index contributed by atoms with van der Waals surface area (Å²) in [4.78, 5) is 22.5. The van der Waals surface area contributed by atoms with Crippen LogP contribution in [0.15, 0.2) is 30.3 Å². The number of carboxylic acid groups (broad SMARTS) is 1. The highest BCUT2D eigenvalue weighted by molar-refractivity contribution is 8.00. The Bertz CT molecular complexity index is 512. The smallest absolute Gasteiger partial charge is 0.313 e. The van der Waals surface area contributed by atoms with Gasteiger partial charge >= 0.3 is 5.97 Å². The third kappa shape index (κ3) is 4.03. The molecule has 4 nitrogen and oxygen atoms in total.